The second-order valence-electron chi connectivity index (χ2n) is 5.65. The third-order valence-corrected chi connectivity index (χ3v) is 3.70. The van der Waals surface area contributed by atoms with E-state index in [1.807, 2.05) is 0 Å². The molecule has 26 heavy (non-hydrogen) atoms. The van der Waals surface area contributed by atoms with Crippen LogP contribution in [0.1, 0.15) is 27.1 Å². The average Bonchev–Trinajstić information content (AvgIpc) is 2.64. The molecule has 0 aliphatic rings. The van der Waals surface area contributed by atoms with Gasteiger partial charge in [0.15, 0.2) is 0 Å². The Kier molecular flexibility index (Phi) is 7.45. The molecule has 0 radical (unpaired) electrons. The first kappa shape index (κ1) is 19.3. The number of aromatic hydroxyl groups is 2. The summed E-state index contributed by atoms with van der Waals surface area (Å²) in [7, 11) is 0. The van der Waals surface area contributed by atoms with E-state index in [1.54, 1.807) is 36.4 Å². The van der Waals surface area contributed by atoms with E-state index in [2.05, 4.69) is 16.0 Å². The first-order valence-corrected chi connectivity index (χ1v) is 8.42. The van der Waals surface area contributed by atoms with Gasteiger partial charge < -0.3 is 26.2 Å². The van der Waals surface area contributed by atoms with Crippen molar-refractivity contribution < 1.29 is 19.8 Å². The third kappa shape index (κ3) is 5.78. The molecule has 0 aliphatic heterocycles. The quantitative estimate of drug-likeness (QED) is 0.434. The van der Waals surface area contributed by atoms with Crippen molar-refractivity contribution >= 4 is 11.8 Å². The highest BCUT2D eigenvalue weighted by Gasteiger charge is 2.09. The van der Waals surface area contributed by atoms with Crippen LogP contribution in [-0.4, -0.2) is 48.2 Å². The molecule has 0 fully saturated rings. The molecule has 0 bridgehead atoms. The van der Waals surface area contributed by atoms with Crippen LogP contribution in [0, 0.1) is 0 Å². The lowest BCUT2D eigenvalue weighted by atomic mass is 10.2. The molecular weight excluding hydrogens is 334 g/mol. The normalized spacial score (nSPS) is 10.3. The maximum atomic E-state index is 11.9. The zero-order valence-electron chi connectivity index (χ0n) is 14.4. The highest BCUT2D eigenvalue weighted by Crippen LogP contribution is 2.15. The Morgan fingerprint density at radius 2 is 1.19 bits per heavy atom. The fourth-order valence-corrected chi connectivity index (χ4v) is 2.33. The number of hydrogen-bond acceptors (Lipinski definition) is 5. The Balaban J connectivity index is 1.55. The van der Waals surface area contributed by atoms with E-state index in [4.69, 9.17) is 0 Å². The second kappa shape index (κ2) is 10.0. The molecular formula is C19H23N3O4. The van der Waals surface area contributed by atoms with Crippen molar-refractivity contribution in [1.82, 2.24) is 16.0 Å². The lowest BCUT2D eigenvalue weighted by molar-refractivity contribution is 0.0941. The molecule has 0 heterocycles. The van der Waals surface area contributed by atoms with Gasteiger partial charge in [-0.3, -0.25) is 9.59 Å². The number of benzene rings is 2. The minimum atomic E-state index is -0.320. The number of carbonyl (C=O) groups is 2. The highest BCUT2D eigenvalue weighted by atomic mass is 16.3. The number of hydrogen-bond donors (Lipinski definition) is 5. The Morgan fingerprint density at radius 1 is 0.692 bits per heavy atom. The monoisotopic (exact) mass is 357 g/mol. The van der Waals surface area contributed by atoms with Gasteiger partial charge in [0, 0.05) is 19.6 Å². The van der Waals surface area contributed by atoms with E-state index in [-0.39, 0.29) is 34.4 Å². The smallest absolute Gasteiger partial charge is 0.255 e. The van der Waals surface area contributed by atoms with Crippen LogP contribution in [0.25, 0.3) is 0 Å². The molecule has 5 N–H and O–H groups in total. The van der Waals surface area contributed by atoms with E-state index < -0.39 is 0 Å². The molecule has 0 saturated heterocycles. The van der Waals surface area contributed by atoms with Crippen LogP contribution < -0.4 is 16.0 Å². The largest absolute Gasteiger partial charge is 0.507 e. The Morgan fingerprint density at radius 3 is 1.73 bits per heavy atom. The molecule has 0 unspecified atom stereocenters. The molecule has 138 valence electrons. The van der Waals surface area contributed by atoms with Gasteiger partial charge in [0.05, 0.1) is 11.1 Å². The lowest BCUT2D eigenvalue weighted by Crippen LogP contribution is -2.33. The molecule has 2 aromatic rings. The number of nitrogens with one attached hydrogen (secondary N) is 3. The van der Waals surface area contributed by atoms with E-state index >= 15 is 0 Å². The van der Waals surface area contributed by atoms with Crippen LogP contribution >= 0.6 is 0 Å². The first-order chi connectivity index (χ1) is 12.6. The van der Waals surface area contributed by atoms with Crippen molar-refractivity contribution in [1.29, 1.82) is 0 Å². The number of rotatable bonds is 9. The number of phenols is 2. The molecule has 7 nitrogen and oxygen atoms in total. The topological polar surface area (TPSA) is 111 Å². The molecule has 0 saturated carbocycles. The summed E-state index contributed by atoms with van der Waals surface area (Å²) in [6, 6.07) is 12.8. The van der Waals surface area contributed by atoms with E-state index in [0.717, 1.165) is 0 Å². The van der Waals surface area contributed by atoms with E-state index in [9.17, 15) is 19.8 Å². The van der Waals surface area contributed by atoms with Crippen molar-refractivity contribution in [3.05, 3.63) is 59.7 Å². The van der Waals surface area contributed by atoms with Gasteiger partial charge in [0.2, 0.25) is 0 Å². The molecule has 0 atom stereocenters. The van der Waals surface area contributed by atoms with Gasteiger partial charge in [0.1, 0.15) is 11.5 Å². The van der Waals surface area contributed by atoms with Gasteiger partial charge in [-0.15, -0.1) is 0 Å². The molecule has 0 spiro atoms. The number of para-hydroxylation sites is 2. The van der Waals surface area contributed by atoms with Crippen molar-refractivity contribution in [3.63, 3.8) is 0 Å². The van der Waals surface area contributed by atoms with Gasteiger partial charge in [-0.2, -0.15) is 0 Å². The van der Waals surface area contributed by atoms with Gasteiger partial charge in [-0.05, 0) is 37.2 Å². The predicted molar refractivity (Wildman–Crippen MR) is 98.4 cm³/mol. The number of carbonyl (C=O) groups excluding carboxylic acids is 2. The SMILES string of the molecule is O=C(NCCCNCCNC(=O)c1ccccc1O)c1ccccc1O. The van der Waals surface area contributed by atoms with Crippen molar-refractivity contribution in [2.24, 2.45) is 0 Å². The average molecular weight is 357 g/mol. The predicted octanol–water partition coefficient (Wildman–Crippen LogP) is 1.24. The zero-order valence-corrected chi connectivity index (χ0v) is 14.4. The Bertz CT molecular complexity index is 686. The summed E-state index contributed by atoms with van der Waals surface area (Å²) in [5.41, 5.74) is 0.506. The molecule has 7 heteroatoms. The van der Waals surface area contributed by atoms with Crippen LogP contribution in [0.5, 0.6) is 11.5 Å². The summed E-state index contributed by atoms with van der Waals surface area (Å²) < 4.78 is 0. The highest BCUT2D eigenvalue weighted by molar-refractivity contribution is 5.97. The number of phenolic OH excluding ortho intramolecular Hbond substituents is 2. The molecule has 0 aromatic heterocycles. The standard InChI is InChI=1S/C19H23N3O4/c23-16-8-3-1-6-14(16)18(25)21-11-5-10-20-12-13-22-19(26)15-7-2-4-9-17(15)24/h1-4,6-9,20,23-24H,5,10-13H2,(H,21,25)(H,22,26). The summed E-state index contributed by atoms with van der Waals surface area (Å²) >= 11 is 0. The molecule has 2 aromatic carbocycles. The first-order valence-electron chi connectivity index (χ1n) is 8.42. The van der Waals surface area contributed by atoms with E-state index in [0.29, 0.717) is 32.6 Å². The van der Waals surface area contributed by atoms with Crippen LogP contribution in [0.3, 0.4) is 0 Å². The maximum absolute atomic E-state index is 11.9. The summed E-state index contributed by atoms with van der Waals surface area (Å²) in [6.07, 6.45) is 0.715. The Labute approximate surface area is 152 Å². The van der Waals surface area contributed by atoms with Gasteiger partial charge in [0.25, 0.3) is 11.8 Å². The van der Waals surface area contributed by atoms with Crippen LogP contribution in [0.2, 0.25) is 0 Å². The Hall–Kier alpha value is -3.06. The zero-order chi connectivity index (χ0) is 18.8. The minimum absolute atomic E-state index is 0.0386. The van der Waals surface area contributed by atoms with E-state index in [1.165, 1.54) is 12.1 Å². The van der Waals surface area contributed by atoms with Gasteiger partial charge >= 0.3 is 0 Å². The minimum Gasteiger partial charge on any atom is -0.507 e. The fraction of sp³-hybridized carbons (Fsp3) is 0.263. The fourth-order valence-electron chi connectivity index (χ4n) is 2.33. The van der Waals surface area contributed by atoms with Crippen molar-refractivity contribution in [2.75, 3.05) is 26.2 Å². The third-order valence-electron chi connectivity index (χ3n) is 3.70. The molecule has 2 amide bonds. The van der Waals surface area contributed by atoms with Crippen molar-refractivity contribution in [3.8, 4) is 11.5 Å². The number of amides is 2. The van der Waals surface area contributed by atoms with Crippen LogP contribution in [-0.2, 0) is 0 Å². The van der Waals surface area contributed by atoms with Gasteiger partial charge in [-0.25, -0.2) is 0 Å². The molecule has 2 rings (SSSR count). The maximum Gasteiger partial charge on any atom is 0.255 e. The summed E-state index contributed by atoms with van der Waals surface area (Å²) in [5, 5.41) is 27.8. The second-order valence-corrected chi connectivity index (χ2v) is 5.65. The molecule has 0 aliphatic carbocycles. The summed E-state index contributed by atoms with van der Waals surface area (Å²) in [4.78, 5) is 23.7. The van der Waals surface area contributed by atoms with Gasteiger partial charge in [-0.1, -0.05) is 24.3 Å². The summed E-state index contributed by atoms with van der Waals surface area (Å²) in [5.74, 6) is -0.709. The van der Waals surface area contributed by atoms with Crippen LogP contribution in [0.4, 0.5) is 0 Å². The van der Waals surface area contributed by atoms with Crippen molar-refractivity contribution in [2.45, 2.75) is 6.42 Å². The van der Waals surface area contributed by atoms with Crippen LogP contribution in [0.15, 0.2) is 48.5 Å². The lowest BCUT2D eigenvalue weighted by Gasteiger charge is -2.09. The summed E-state index contributed by atoms with van der Waals surface area (Å²) in [6.45, 7) is 2.15.